The molecule has 0 aliphatic carbocycles. The number of likely N-dealkylation sites (tertiary alicyclic amines) is 1. The van der Waals surface area contributed by atoms with Gasteiger partial charge in [0.15, 0.2) is 0 Å². The van der Waals surface area contributed by atoms with Crippen LogP contribution in [0.5, 0.6) is 5.75 Å². The van der Waals surface area contributed by atoms with Crippen LogP contribution < -0.4 is 4.74 Å². The summed E-state index contributed by atoms with van der Waals surface area (Å²) in [5.74, 6) is 0.600. The average Bonchev–Trinajstić information content (AvgIpc) is 2.80. The van der Waals surface area contributed by atoms with E-state index in [4.69, 9.17) is 4.74 Å². The van der Waals surface area contributed by atoms with Gasteiger partial charge < -0.3 is 9.84 Å². The maximum atomic E-state index is 13.9. The largest absolute Gasteiger partial charge is 0.496 e. The molecule has 0 bridgehead atoms. The van der Waals surface area contributed by atoms with Crippen molar-refractivity contribution in [1.82, 2.24) is 4.90 Å². The van der Waals surface area contributed by atoms with Gasteiger partial charge in [-0.1, -0.05) is 6.07 Å². The second kappa shape index (κ2) is 5.47. The smallest absolute Gasteiger partial charge is 0.131 e. The topological polar surface area (TPSA) is 32.7 Å². The quantitative estimate of drug-likeness (QED) is 0.909. The minimum Gasteiger partial charge on any atom is -0.496 e. The first kappa shape index (κ1) is 14.3. The number of aliphatic hydroxyl groups is 1. The third kappa shape index (κ3) is 3.25. The van der Waals surface area contributed by atoms with Gasteiger partial charge in [-0.05, 0) is 38.9 Å². The molecule has 1 aromatic carbocycles. The molecule has 19 heavy (non-hydrogen) atoms. The van der Waals surface area contributed by atoms with Gasteiger partial charge in [0, 0.05) is 24.6 Å². The van der Waals surface area contributed by atoms with Crippen molar-refractivity contribution in [2.24, 2.45) is 5.92 Å². The molecule has 1 N–H and O–H groups in total. The molecular formula is C15H22FNO2. The van der Waals surface area contributed by atoms with E-state index in [2.05, 4.69) is 4.90 Å². The number of halogens is 1. The molecule has 1 atom stereocenters. The Balaban J connectivity index is 2.07. The molecule has 4 heteroatoms. The zero-order chi connectivity index (χ0) is 14.0. The summed E-state index contributed by atoms with van der Waals surface area (Å²) in [6, 6.07) is 4.89. The highest BCUT2D eigenvalue weighted by Gasteiger charge is 2.33. The average molecular weight is 267 g/mol. The molecule has 0 spiro atoms. The molecule has 0 saturated carbocycles. The standard InChI is InChI=1S/C15H22FNO2/c1-15(2,18)11-7-8-17(9-11)10-12-13(16)5-4-6-14(12)19-3/h4-6,11,18H,7-10H2,1-3H3. The Hall–Kier alpha value is -1.13. The van der Waals surface area contributed by atoms with Crippen LogP contribution in [0.4, 0.5) is 4.39 Å². The van der Waals surface area contributed by atoms with Gasteiger partial charge in [-0.25, -0.2) is 4.39 Å². The number of ether oxygens (including phenoxy) is 1. The molecule has 3 nitrogen and oxygen atoms in total. The van der Waals surface area contributed by atoms with E-state index in [-0.39, 0.29) is 11.7 Å². The lowest BCUT2D eigenvalue weighted by Crippen LogP contribution is -2.33. The van der Waals surface area contributed by atoms with Crippen molar-refractivity contribution in [3.05, 3.63) is 29.6 Å². The van der Waals surface area contributed by atoms with Crippen LogP contribution in [0.2, 0.25) is 0 Å². The molecule has 106 valence electrons. The second-order valence-corrected chi connectivity index (χ2v) is 5.80. The lowest BCUT2D eigenvalue weighted by molar-refractivity contribution is 0.0207. The predicted octanol–water partition coefficient (Wildman–Crippen LogP) is 2.43. The lowest BCUT2D eigenvalue weighted by Gasteiger charge is -2.26. The van der Waals surface area contributed by atoms with Crippen LogP contribution in [0.25, 0.3) is 0 Å². The van der Waals surface area contributed by atoms with Crippen molar-refractivity contribution in [2.75, 3.05) is 20.2 Å². The highest BCUT2D eigenvalue weighted by atomic mass is 19.1. The Labute approximate surface area is 114 Å². The first-order valence-corrected chi connectivity index (χ1v) is 6.68. The molecule has 1 fully saturated rings. The Morgan fingerprint density at radius 1 is 1.47 bits per heavy atom. The van der Waals surface area contributed by atoms with Crippen LogP contribution in [0.1, 0.15) is 25.8 Å². The Morgan fingerprint density at radius 3 is 2.79 bits per heavy atom. The highest BCUT2D eigenvalue weighted by Crippen LogP contribution is 2.30. The van der Waals surface area contributed by atoms with Crippen molar-refractivity contribution >= 4 is 0 Å². The molecule has 0 radical (unpaired) electrons. The third-order valence-corrected chi connectivity index (χ3v) is 3.95. The van der Waals surface area contributed by atoms with Gasteiger partial charge in [0.05, 0.1) is 12.7 Å². The molecule has 1 aromatic rings. The maximum Gasteiger partial charge on any atom is 0.131 e. The summed E-state index contributed by atoms with van der Waals surface area (Å²) >= 11 is 0. The van der Waals surface area contributed by atoms with Crippen molar-refractivity contribution < 1.29 is 14.2 Å². The second-order valence-electron chi connectivity index (χ2n) is 5.80. The summed E-state index contributed by atoms with van der Waals surface area (Å²) in [5.41, 5.74) is -0.0740. The highest BCUT2D eigenvalue weighted by molar-refractivity contribution is 5.34. The zero-order valence-corrected chi connectivity index (χ0v) is 11.8. The van der Waals surface area contributed by atoms with Gasteiger partial charge in [-0.15, -0.1) is 0 Å². The predicted molar refractivity (Wildman–Crippen MR) is 72.6 cm³/mol. The van der Waals surface area contributed by atoms with E-state index in [9.17, 15) is 9.50 Å². The number of methoxy groups -OCH3 is 1. The van der Waals surface area contributed by atoms with Crippen LogP contribution in [0.15, 0.2) is 18.2 Å². The van der Waals surface area contributed by atoms with E-state index in [1.54, 1.807) is 19.2 Å². The van der Waals surface area contributed by atoms with E-state index in [0.29, 0.717) is 17.9 Å². The van der Waals surface area contributed by atoms with Gasteiger partial charge in [0.2, 0.25) is 0 Å². The number of hydrogen-bond donors (Lipinski definition) is 1. The molecule has 0 aromatic heterocycles. The molecule has 1 heterocycles. The van der Waals surface area contributed by atoms with Crippen LogP contribution >= 0.6 is 0 Å². The van der Waals surface area contributed by atoms with Crippen LogP contribution in [-0.4, -0.2) is 35.8 Å². The Bertz CT molecular complexity index is 442. The summed E-state index contributed by atoms with van der Waals surface area (Å²) in [4.78, 5) is 2.17. The van der Waals surface area contributed by atoms with Crippen LogP contribution in [0, 0.1) is 11.7 Å². The number of rotatable bonds is 4. The van der Waals surface area contributed by atoms with Gasteiger partial charge in [0.1, 0.15) is 11.6 Å². The van der Waals surface area contributed by atoms with Crippen molar-refractivity contribution in [3.8, 4) is 5.75 Å². The van der Waals surface area contributed by atoms with Gasteiger partial charge >= 0.3 is 0 Å². The fraction of sp³-hybridized carbons (Fsp3) is 0.600. The summed E-state index contributed by atoms with van der Waals surface area (Å²) < 4.78 is 19.1. The third-order valence-electron chi connectivity index (χ3n) is 3.95. The van der Waals surface area contributed by atoms with Crippen molar-refractivity contribution in [1.29, 1.82) is 0 Å². The molecule has 1 saturated heterocycles. The zero-order valence-electron chi connectivity index (χ0n) is 11.8. The fourth-order valence-electron chi connectivity index (χ4n) is 2.66. The summed E-state index contributed by atoms with van der Waals surface area (Å²) in [6.45, 7) is 5.88. The summed E-state index contributed by atoms with van der Waals surface area (Å²) in [6.07, 6.45) is 0.945. The Morgan fingerprint density at radius 2 is 2.21 bits per heavy atom. The van der Waals surface area contributed by atoms with E-state index in [0.717, 1.165) is 19.5 Å². The van der Waals surface area contributed by atoms with E-state index in [1.165, 1.54) is 6.07 Å². The summed E-state index contributed by atoms with van der Waals surface area (Å²) in [5, 5.41) is 10.0. The van der Waals surface area contributed by atoms with Crippen LogP contribution in [0.3, 0.4) is 0 Å². The van der Waals surface area contributed by atoms with Crippen LogP contribution in [-0.2, 0) is 6.54 Å². The first-order valence-electron chi connectivity index (χ1n) is 6.68. The normalized spacial score (nSPS) is 20.8. The molecule has 2 rings (SSSR count). The molecular weight excluding hydrogens is 245 g/mol. The lowest BCUT2D eigenvalue weighted by atomic mass is 9.90. The SMILES string of the molecule is COc1cccc(F)c1CN1CCC(C(C)(C)O)C1. The fourth-order valence-corrected chi connectivity index (χ4v) is 2.66. The monoisotopic (exact) mass is 267 g/mol. The first-order chi connectivity index (χ1) is 8.91. The minimum atomic E-state index is -0.673. The van der Waals surface area contributed by atoms with Gasteiger partial charge in [-0.3, -0.25) is 4.90 Å². The van der Waals surface area contributed by atoms with Gasteiger partial charge in [-0.2, -0.15) is 0 Å². The molecule has 1 unspecified atom stereocenters. The van der Waals surface area contributed by atoms with Crippen molar-refractivity contribution in [3.63, 3.8) is 0 Å². The number of benzene rings is 1. The number of nitrogens with zero attached hydrogens (tertiary/aromatic N) is 1. The Kier molecular flexibility index (Phi) is 4.11. The van der Waals surface area contributed by atoms with E-state index < -0.39 is 5.60 Å². The van der Waals surface area contributed by atoms with E-state index >= 15 is 0 Å². The number of hydrogen-bond acceptors (Lipinski definition) is 3. The minimum absolute atomic E-state index is 0.231. The van der Waals surface area contributed by atoms with Crippen molar-refractivity contribution in [2.45, 2.75) is 32.4 Å². The molecule has 1 aliphatic rings. The molecule has 0 amide bonds. The van der Waals surface area contributed by atoms with E-state index in [1.807, 2.05) is 13.8 Å². The molecule has 1 aliphatic heterocycles. The maximum absolute atomic E-state index is 13.9. The summed E-state index contributed by atoms with van der Waals surface area (Å²) in [7, 11) is 1.56. The van der Waals surface area contributed by atoms with Gasteiger partial charge in [0.25, 0.3) is 0 Å².